The van der Waals surface area contributed by atoms with E-state index in [1.165, 1.54) is 12.8 Å². The number of halogens is 1. The quantitative estimate of drug-likeness (QED) is 0.891. The molecule has 112 valence electrons. The van der Waals surface area contributed by atoms with Gasteiger partial charge in [0, 0.05) is 11.6 Å². The summed E-state index contributed by atoms with van der Waals surface area (Å²) in [6.45, 7) is 2.16. The first-order valence-corrected chi connectivity index (χ1v) is 7.68. The molecule has 1 heterocycles. The minimum Gasteiger partial charge on any atom is -0.495 e. The van der Waals surface area contributed by atoms with Crippen LogP contribution >= 0.6 is 15.9 Å². The Kier molecular flexibility index (Phi) is 5.54. The van der Waals surface area contributed by atoms with Gasteiger partial charge in [0.2, 0.25) is 0 Å². The molecule has 1 N–H and O–H groups in total. The summed E-state index contributed by atoms with van der Waals surface area (Å²) >= 11 is 3.55. The minimum absolute atomic E-state index is 0.602. The van der Waals surface area contributed by atoms with Crippen LogP contribution < -0.4 is 19.5 Å². The van der Waals surface area contributed by atoms with Crippen LogP contribution in [0.3, 0.4) is 0 Å². The van der Waals surface area contributed by atoms with E-state index in [1.807, 2.05) is 6.07 Å². The van der Waals surface area contributed by atoms with Crippen LogP contribution in [0.5, 0.6) is 17.2 Å². The molecule has 0 saturated carbocycles. The Morgan fingerprint density at radius 3 is 2.50 bits per heavy atom. The van der Waals surface area contributed by atoms with Gasteiger partial charge in [-0.15, -0.1) is 0 Å². The van der Waals surface area contributed by atoms with E-state index in [9.17, 15) is 0 Å². The number of piperidine rings is 1. The van der Waals surface area contributed by atoms with Gasteiger partial charge in [0.15, 0.2) is 11.5 Å². The lowest BCUT2D eigenvalue weighted by atomic mass is 9.91. The SMILES string of the molecule is COc1cc(Br)c(OC)c(CC2CCCNC2)c1OC. The lowest BCUT2D eigenvalue weighted by Crippen LogP contribution is -2.31. The van der Waals surface area contributed by atoms with Crippen molar-refractivity contribution in [1.82, 2.24) is 5.32 Å². The van der Waals surface area contributed by atoms with Crippen molar-refractivity contribution in [3.05, 3.63) is 16.1 Å². The molecule has 1 unspecified atom stereocenters. The molecule has 2 rings (SSSR count). The summed E-state index contributed by atoms with van der Waals surface area (Å²) in [4.78, 5) is 0. The molecule has 1 aromatic carbocycles. The highest BCUT2D eigenvalue weighted by Crippen LogP contribution is 2.44. The third-order valence-corrected chi connectivity index (χ3v) is 4.36. The number of ether oxygens (including phenoxy) is 3. The normalized spacial score (nSPS) is 18.7. The summed E-state index contributed by atoms with van der Waals surface area (Å²) in [6.07, 6.45) is 3.38. The molecular weight excluding hydrogens is 322 g/mol. The van der Waals surface area contributed by atoms with E-state index < -0.39 is 0 Å². The molecule has 0 bridgehead atoms. The predicted octanol–water partition coefficient (Wildman–Crippen LogP) is 3.02. The molecule has 0 amide bonds. The maximum Gasteiger partial charge on any atom is 0.167 e. The fourth-order valence-electron chi connectivity index (χ4n) is 2.81. The van der Waals surface area contributed by atoms with Crippen LogP contribution in [-0.4, -0.2) is 34.4 Å². The van der Waals surface area contributed by atoms with Crippen molar-refractivity contribution in [2.24, 2.45) is 5.92 Å². The molecule has 0 radical (unpaired) electrons. The fourth-order valence-corrected chi connectivity index (χ4v) is 3.42. The Bertz CT molecular complexity index is 459. The van der Waals surface area contributed by atoms with Gasteiger partial charge in [-0.1, -0.05) is 0 Å². The number of rotatable bonds is 5. The van der Waals surface area contributed by atoms with Crippen LogP contribution in [0.2, 0.25) is 0 Å². The van der Waals surface area contributed by atoms with Crippen molar-refractivity contribution in [3.8, 4) is 17.2 Å². The summed E-state index contributed by atoms with van der Waals surface area (Å²) in [5.41, 5.74) is 1.08. The lowest BCUT2D eigenvalue weighted by molar-refractivity contribution is 0.328. The summed E-state index contributed by atoms with van der Waals surface area (Å²) in [7, 11) is 5.02. The highest BCUT2D eigenvalue weighted by atomic mass is 79.9. The molecule has 1 aliphatic heterocycles. The minimum atomic E-state index is 0.602. The second-order valence-electron chi connectivity index (χ2n) is 5.02. The van der Waals surface area contributed by atoms with Crippen molar-refractivity contribution in [3.63, 3.8) is 0 Å². The van der Waals surface area contributed by atoms with Crippen LogP contribution in [0, 0.1) is 5.92 Å². The second-order valence-corrected chi connectivity index (χ2v) is 5.88. The van der Waals surface area contributed by atoms with Crippen LogP contribution in [-0.2, 0) is 6.42 Å². The number of methoxy groups -OCH3 is 3. The molecule has 0 spiro atoms. The molecule has 20 heavy (non-hydrogen) atoms. The van der Waals surface area contributed by atoms with Crippen LogP contribution in [0.4, 0.5) is 0 Å². The zero-order valence-electron chi connectivity index (χ0n) is 12.3. The van der Waals surface area contributed by atoms with Crippen LogP contribution in [0.25, 0.3) is 0 Å². The molecule has 1 saturated heterocycles. The monoisotopic (exact) mass is 343 g/mol. The van der Waals surface area contributed by atoms with E-state index in [0.717, 1.165) is 46.8 Å². The summed E-state index contributed by atoms with van der Waals surface area (Å²) in [5, 5.41) is 3.45. The summed E-state index contributed by atoms with van der Waals surface area (Å²) in [5.74, 6) is 2.95. The molecule has 0 aliphatic carbocycles. The summed E-state index contributed by atoms with van der Waals surface area (Å²) < 4.78 is 17.4. The molecular formula is C15H22BrNO3. The third-order valence-electron chi connectivity index (χ3n) is 3.77. The summed E-state index contributed by atoms with van der Waals surface area (Å²) in [6, 6.07) is 1.89. The molecule has 1 aromatic rings. The van der Waals surface area contributed by atoms with E-state index in [0.29, 0.717) is 5.92 Å². The standard InChI is InChI=1S/C15H22BrNO3/c1-18-13-8-12(16)14(19-2)11(15(13)20-3)7-10-5-4-6-17-9-10/h8,10,17H,4-7,9H2,1-3H3. The first kappa shape index (κ1) is 15.4. The Morgan fingerprint density at radius 2 is 1.95 bits per heavy atom. The van der Waals surface area contributed by atoms with Crippen molar-refractivity contribution < 1.29 is 14.2 Å². The Labute approximate surface area is 128 Å². The van der Waals surface area contributed by atoms with E-state index in [2.05, 4.69) is 21.2 Å². The molecule has 1 aliphatic rings. The van der Waals surface area contributed by atoms with Gasteiger partial charge in [-0.25, -0.2) is 0 Å². The Hall–Kier alpha value is -0.940. The first-order valence-electron chi connectivity index (χ1n) is 6.89. The predicted molar refractivity (Wildman–Crippen MR) is 83.1 cm³/mol. The van der Waals surface area contributed by atoms with Gasteiger partial charge in [0.25, 0.3) is 0 Å². The van der Waals surface area contributed by atoms with E-state index in [4.69, 9.17) is 14.2 Å². The second kappa shape index (κ2) is 7.18. The number of benzene rings is 1. The van der Waals surface area contributed by atoms with Gasteiger partial charge in [0.1, 0.15) is 5.75 Å². The Balaban J connectivity index is 2.38. The maximum atomic E-state index is 5.56. The number of hydrogen-bond donors (Lipinski definition) is 1. The lowest BCUT2D eigenvalue weighted by Gasteiger charge is -2.25. The largest absolute Gasteiger partial charge is 0.495 e. The molecule has 1 atom stereocenters. The van der Waals surface area contributed by atoms with Crippen LogP contribution in [0.1, 0.15) is 18.4 Å². The van der Waals surface area contributed by atoms with Gasteiger partial charge < -0.3 is 19.5 Å². The van der Waals surface area contributed by atoms with Crippen LogP contribution in [0.15, 0.2) is 10.5 Å². The number of hydrogen-bond acceptors (Lipinski definition) is 4. The highest BCUT2D eigenvalue weighted by molar-refractivity contribution is 9.10. The van der Waals surface area contributed by atoms with E-state index >= 15 is 0 Å². The van der Waals surface area contributed by atoms with Gasteiger partial charge in [-0.2, -0.15) is 0 Å². The van der Waals surface area contributed by atoms with Gasteiger partial charge in [-0.3, -0.25) is 0 Å². The van der Waals surface area contributed by atoms with Crippen molar-refractivity contribution in [1.29, 1.82) is 0 Å². The van der Waals surface area contributed by atoms with Crippen molar-refractivity contribution >= 4 is 15.9 Å². The molecule has 1 fully saturated rings. The van der Waals surface area contributed by atoms with E-state index in [-0.39, 0.29) is 0 Å². The Morgan fingerprint density at radius 1 is 1.20 bits per heavy atom. The zero-order valence-corrected chi connectivity index (χ0v) is 13.9. The highest BCUT2D eigenvalue weighted by Gasteiger charge is 2.23. The average molecular weight is 344 g/mol. The third kappa shape index (κ3) is 3.20. The maximum absolute atomic E-state index is 5.56. The van der Waals surface area contributed by atoms with Gasteiger partial charge >= 0.3 is 0 Å². The van der Waals surface area contributed by atoms with Crippen molar-refractivity contribution in [2.45, 2.75) is 19.3 Å². The molecule has 0 aromatic heterocycles. The zero-order chi connectivity index (χ0) is 14.5. The van der Waals surface area contributed by atoms with Gasteiger partial charge in [-0.05, 0) is 54.2 Å². The van der Waals surface area contributed by atoms with E-state index in [1.54, 1.807) is 21.3 Å². The molecule has 5 heteroatoms. The van der Waals surface area contributed by atoms with Gasteiger partial charge in [0.05, 0.1) is 25.8 Å². The average Bonchev–Trinajstić information content (AvgIpc) is 2.48. The fraction of sp³-hybridized carbons (Fsp3) is 0.600. The molecule has 4 nitrogen and oxygen atoms in total. The topological polar surface area (TPSA) is 39.7 Å². The smallest absolute Gasteiger partial charge is 0.167 e. The number of nitrogens with one attached hydrogen (secondary N) is 1. The van der Waals surface area contributed by atoms with Crippen molar-refractivity contribution in [2.75, 3.05) is 34.4 Å². The first-order chi connectivity index (χ1) is 9.71.